The Balaban J connectivity index is 2.39. The maximum atomic E-state index is 11.6. The van der Waals surface area contributed by atoms with E-state index in [0.717, 1.165) is 13.0 Å². The van der Waals surface area contributed by atoms with Crippen LogP contribution in [-0.4, -0.2) is 37.7 Å². The van der Waals surface area contributed by atoms with Crippen LogP contribution in [0.25, 0.3) is 0 Å². The van der Waals surface area contributed by atoms with E-state index < -0.39 is 0 Å². The first-order valence-electron chi connectivity index (χ1n) is 6.61. The monoisotopic (exact) mass is 242 g/mol. The van der Waals surface area contributed by atoms with Gasteiger partial charge in [0.25, 0.3) is 0 Å². The number of ether oxygens (including phenoxy) is 1. The molecule has 0 aromatic rings. The molecule has 1 rings (SSSR count). The molecule has 17 heavy (non-hydrogen) atoms. The van der Waals surface area contributed by atoms with Crippen molar-refractivity contribution in [3.8, 4) is 0 Å². The lowest BCUT2D eigenvalue weighted by atomic mass is 10.0. The third kappa shape index (κ3) is 4.64. The summed E-state index contributed by atoms with van der Waals surface area (Å²) in [6, 6.07) is 0.733. The third-order valence-corrected chi connectivity index (χ3v) is 3.39. The fourth-order valence-electron chi connectivity index (χ4n) is 2.42. The number of rotatable bonds is 6. The van der Waals surface area contributed by atoms with Gasteiger partial charge < -0.3 is 15.4 Å². The highest BCUT2D eigenvalue weighted by Crippen LogP contribution is 2.12. The highest BCUT2D eigenvalue weighted by Gasteiger charge is 2.26. The summed E-state index contributed by atoms with van der Waals surface area (Å²) < 4.78 is 4.83. The van der Waals surface area contributed by atoms with Gasteiger partial charge in [0.2, 0.25) is 0 Å². The predicted molar refractivity (Wildman–Crippen MR) is 68.9 cm³/mol. The molecule has 4 heteroatoms. The molecule has 1 heterocycles. The highest BCUT2D eigenvalue weighted by atomic mass is 16.5. The minimum Gasteiger partial charge on any atom is -0.468 e. The normalized spacial score (nSPS) is 23.7. The average molecular weight is 242 g/mol. The van der Waals surface area contributed by atoms with Gasteiger partial charge in [0.1, 0.15) is 6.04 Å². The molecule has 4 nitrogen and oxygen atoms in total. The van der Waals surface area contributed by atoms with Crippen molar-refractivity contribution in [2.75, 3.05) is 13.7 Å². The zero-order chi connectivity index (χ0) is 12.8. The second kappa shape index (κ2) is 6.97. The summed E-state index contributed by atoms with van der Waals surface area (Å²) in [4.78, 5) is 11.6. The Hall–Kier alpha value is -0.610. The van der Waals surface area contributed by atoms with Crippen molar-refractivity contribution in [3.05, 3.63) is 0 Å². The van der Waals surface area contributed by atoms with E-state index in [0.29, 0.717) is 12.1 Å². The Morgan fingerprint density at radius 1 is 1.47 bits per heavy atom. The van der Waals surface area contributed by atoms with Crippen LogP contribution in [0.5, 0.6) is 0 Å². The van der Waals surface area contributed by atoms with Gasteiger partial charge in [0.05, 0.1) is 7.11 Å². The van der Waals surface area contributed by atoms with Gasteiger partial charge in [0, 0.05) is 12.1 Å². The standard InChI is InChI=1S/C13H26N2O2/c1-9(2)12(13(16)17-4)15-10(3)8-11-6-5-7-14-11/h9-12,14-15H,5-8H2,1-4H3/t10?,11?,12-/m0/s1. The molecule has 2 unspecified atom stereocenters. The summed E-state index contributed by atoms with van der Waals surface area (Å²) in [5.41, 5.74) is 0. The van der Waals surface area contributed by atoms with E-state index in [1.165, 1.54) is 20.0 Å². The molecule has 0 bridgehead atoms. The van der Waals surface area contributed by atoms with Crippen LogP contribution in [-0.2, 0) is 9.53 Å². The van der Waals surface area contributed by atoms with E-state index >= 15 is 0 Å². The first-order valence-corrected chi connectivity index (χ1v) is 6.61. The number of esters is 1. The molecule has 0 radical (unpaired) electrons. The Morgan fingerprint density at radius 2 is 2.18 bits per heavy atom. The smallest absolute Gasteiger partial charge is 0.323 e. The zero-order valence-corrected chi connectivity index (χ0v) is 11.5. The van der Waals surface area contributed by atoms with Gasteiger partial charge in [-0.15, -0.1) is 0 Å². The Bertz CT molecular complexity index is 238. The molecule has 0 saturated carbocycles. The minimum atomic E-state index is -0.198. The summed E-state index contributed by atoms with van der Waals surface area (Å²) >= 11 is 0. The molecule has 1 aliphatic heterocycles. The van der Waals surface area contributed by atoms with Crippen molar-refractivity contribution in [2.24, 2.45) is 5.92 Å². The van der Waals surface area contributed by atoms with Crippen LogP contribution in [0.1, 0.15) is 40.0 Å². The molecule has 0 aliphatic carbocycles. The number of methoxy groups -OCH3 is 1. The van der Waals surface area contributed by atoms with Gasteiger partial charge in [-0.3, -0.25) is 4.79 Å². The van der Waals surface area contributed by atoms with Crippen LogP contribution in [0.2, 0.25) is 0 Å². The van der Waals surface area contributed by atoms with Crippen LogP contribution in [0.15, 0.2) is 0 Å². The molecule has 1 aliphatic rings. The second-order valence-corrected chi connectivity index (χ2v) is 5.34. The lowest BCUT2D eigenvalue weighted by molar-refractivity contribution is -0.144. The van der Waals surface area contributed by atoms with Crippen LogP contribution in [0.4, 0.5) is 0 Å². The van der Waals surface area contributed by atoms with Crippen LogP contribution >= 0.6 is 0 Å². The number of hydrogen-bond acceptors (Lipinski definition) is 4. The molecule has 3 atom stereocenters. The molecular weight excluding hydrogens is 216 g/mol. The van der Waals surface area contributed by atoms with E-state index in [4.69, 9.17) is 4.74 Å². The fourth-order valence-corrected chi connectivity index (χ4v) is 2.42. The minimum absolute atomic E-state index is 0.161. The van der Waals surface area contributed by atoms with Gasteiger partial charge >= 0.3 is 5.97 Å². The van der Waals surface area contributed by atoms with E-state index in [1.807, 2.05) is 13.8 Å². The molecule has 0 aromatic heterocycles. The molecule has 2 N–H and O–H groups in total. The summed E-state index contributed by atoms with van der Waals surface area (Å²) in [5.74, 6) is 0.0904. The zero-order valence-electron chi connectivity index (χ0n) is 11.5. The Kier molecular flexibility index (Phi) is 5.92. The maximum absolute atomic E-state index is 11.6. The Morgan fingerprint density at radius 3 is 2.65 bits per heavy atom. The molecular formula is C13H26N2O2. The Labute approximate surface area is 104 Å². The molecule has 0 amide bonds. The topological polar surface area (TPSA) is 50.4 Å². The first kappa shape index (κ1) is 14.5. The van der Waals surface area contributed by atoms with E-state index in [9.17, 15) is 4.79 Å². The largest absolute Gasteiger partial charge is 0.468 e. The highest BCUT2D eigenvalue weighted by molar-refractivity contribution is 5.75. The van der Waals surface area contributed by atoms with Crippen molar-refractivity contribution in [1.29, 1.82) is 0 Å². The predicted octanol–water partition coefficient (Wildman–Crippen LogP) is 1.30. The van der Waals surface area contributed by atoms with Gasteiger partial charge in [0.15, 0.2) is 0 Å². The van der Waals surface area contributed by atoms with E-state index in [2.05, 4.69) is 17.6 Å². The fraction of sp³-hybridized carbons (Fsp3) is 0.923. The molecule has 1 saturated heterocycles. The molecule has 100 valence electrons. The summed E-state index contributed by atoms with van der Waals surface area (Å²) in [6.07, 6.45) is 3.58. The first-order chi connectivity index (χ1) is 8.04. The van der Waals surface area contributed by atoms with Crippen LogP contribution in [0, 0.1) is 5.92 Å². The van der Waals surface area contributed by atoms with Crippen LogP contribution in [0.3, 0.4) is 0 Å². The number of carbonyl (C=O) groups is 1. The number of nitrogens with one attached hydrogen (secondary N) is 2. The van der Waals surface area contributed by atoms with Crippen molar-refractivity contribution in [1.82, 2.24) is 10.6 Å². The van der Waals surface area contributed by atoms with E-state index in [1.54, 1.807) is 0 Å². The van der Waals surface area contributed by atoms with Gasteiger partial charge in [-0.2, -0.15) is 0 Å². The summed E-state index contributed by atoms with van der Waals surface area (Å²) in [6.45, 7) is 7.34. The molecule has 0 spiro atoms. The quantitative estimate of drug-likeness (QED) is 0.689. The van der Waals surface area contributed by atoms with Crippen molar-refractivity contribution >= 4 is 5.97 Å². The summed E-state index contributed by atoms with van der Waals surface area (Å²) in [7, 11) is 1.45. The SMILES string of the molecule is COC(=O)[C@@H](NC(C)CC1CCCN1)C(C)C. The van der Waals surface area contributed by atoms with E-state index in [-0.39, 0.29) is 17.9 Å². The van der Waals surface area contributed by atoms with Gasteiger partial charge in [-0.1, -0.05) is 13.8 Å². The van der Waals surface area contributed by atoms with Crippen LogP contribution < -0.4 is 10.6 Å². The molecule has 1 fully saturated rings. The second-order valence-electron chi connectivity index (χ2n) is 5.34. The number of carbonyl (C=O) groups excluding carboxylic acids is 1. The third-order valence-electron chi connectivity index (χ3n) is 3.39. The molecule has 0 aromatic carbocycles. The lowest BCUT2D eigenvalue weighted by Crippen LogP contribution is -2.47. The maximum Gasteiger partial charge on any atom is 0.323 e. The van der Waals surface area contributed by atoms with Crippen molar-refractivity contribution in [3.63, 3.8) is 0 Å². The average Bonchev–Trinajstić information content (AvgIpc) is 2.77. The van der Waals surface area contributed by atoms with Crippen molar-refractivity contribution < 1.29 is 9.53 Å². The summed E-state index contributed by atoms with van der Waals surface area (Å²) in [5, 5.41) is 6.86. The lowest BCUT2D eigenvalue weighted by Gasteiger charge is -2.26. The number of hydrogen-bond donors (Lipinski definition) is 2. The van der Waals surface area contributed by atoms with Gasteiger partial charge in [-0.05, 0) is 38.6 Å². The van der Waals surface area contributed by atoms with Gasteiger partial charge in [-0.25, -0.2) is 0 Å². The van der Waals surface area contributed by atoms with Crippen molar-refractivity contribution in [2.45, 2.75) is 58.2 Å².